The summed E-state index contributed by atoms with van der Waals surface area (Å²) in [5, 5.41) is 11.0. The average molecular weight is 174 g/mol. The van der Waals surface area contributed by atoms with Crippen molar-refractivity contribution in [3.63, 3.8) is 0 Å². The summed E-state index contributed by atoms with van der Waals surface area (Å²) < 4.78 is 0. The predicted molar refractivity (Wildman–Crippen MR) is 43.5 cm³/mol. The van der Waals surface area contributed by atoms with Gasteiger partial charge in [0.1, 0.15) is 0 Å². The lowest BCUT2D eigenvalue weighted by molar-refractivity contribution is -0.141. The number of hydrogen-bond donors (Lipinski definition) is 3. The van der Waals surface area contributed by atoms with Gasteiger partial charge >= 0.3 is 5.97 Å². The summed E-state index contributed by atoms with van der Waals surface area (Å²) in [7, 11) is 0. The number of aliphatic carboxylic acids is 1. The molecule has 0 saturated carbocycles. The molecule has 1 amide bonds. The van der Waals surface area contributed by atoms with E-state index in [1.54, 1.807) is 6.92 Å². The Morgan fingerprint density at radius 3 is 2.50 bits per heavy atom. The number of carbonyl (C=O) groups excluding carboxylic acids is 1. The lowest BCUT2D eigenvalue weighted by Crippen LogP contribution is -2.36. The van der Waals surface area contributed by atoms with Crippen LogP contribution in [0.2, 0.25) is 0 Å². The van der Waals surface area contributed by atoms with E-state index in [9.17, 15) is 9.59 Å². The van der Waals surface area contributed by atoms with E-state index in [-0.39, 0.29) is 19.0 Å². The van der Waals surface area contributed by atoms with Gasteiger partial charge in [0.15, 0.2) is 0 Å². The first-order valence-electron chi connectivity index (χ1n) is 3.81. The number of hydrogen-bond acceptors (Lipinski definition) is 3. The van der Waals surface area contributed by atoms with Crippen molar-refractivity contribution >= 4 is 11.9 Å². The van der Waals surface area contributed by atoms with E-state index in [1.165, 1.54) is 0 Å². The maximum atomic E-state index is 10.6. The van der Waals surface area contributed by atoms with Crippen LogP contribution in [0.4, 0.5) is 0 Å². The summed E-state index contributed by atoms with van der Waals surface area (Å²) in [4.78, 5) is 21.1. The van der Waals surface area contributed by atoms with Crippen molar-refractivity contribution < 1.29 is 14.7 Å². The zero-order valence-corrected chi connectivity index (χ0v) is 7.04. The first-order chi connectivity index (χ1) is 5.61. The molecule has 5 heteroatoms. The topological polar surface area (TPSA) is 92.4 Å². The van der Waals surface area contributed by atoms with Gasteiger partial charge in [-0.25, -0.2) is 0 Å². The summed E-state index contributed by atoms with van der Waals surface area (Å²) >= 11 is 0. The van der Waals surface area contributed by atoms with Crippen LogP contribution >= 0.6 is 0 Å². The van der Waals surface area contributed by atoms with Crippen LogP contribution in [0.15, 0.2) is 0 Å². The van der Waals surface area contributed by atoms with E-state index in [4.69, 9.17) is 10.8 Å². The number of nitrogens with one attached hydrogen (secondary N) is 1. The molecule has 5 nitrogen and oxygen atoms in total. The monoisotopic (exact) mass is 174 g/mol. The highest BCUT2D eigenvalue weighted by Gasteiger charge is 2.14. The standard InChI is InChI=1S/C7H14N2O3/c1-2-5(7(11)12)4-9-6(10)3-8/h5H,2-4,8H2,1H3,(H,9,10)(H,11,12). The SMILES string of the molecule is CCC(CNC(=O)CN)C(=O)O. The molecule has 70 valence electrons. The van der Waals surface area contributed by atoms with Crippen LogP contribution in [0.5, 0.6) is 0 Å². The van der Waals surface area contributed by atoms with Gasteiger partial charge in [-0.1, -0.05) is 6.92 Å². The second-order valence-corrected chi connectivity index (χ2v) is 2.45. The van der Waals surface area contributed by atoms with Crippen LogP contribution in [0.1, 0.15) is 13.3 Å². The first-order valence-corrected chi connectivity index (χ1v) is 3.81. The third-order valence-corrected chi connectivity index (χ3v) is 1.57. The number of carboxylic acid groups (broad SMARTS) is 1. The molecule has 0 fully saturated rings. The number of amides is 1. The van der Waals surface area contributed by atoms with Crippen molar-refractivity contribution in [2.24, 2.45) is 11.7 Å². The molecule has 0 aromatic carbocycles. The van der Waals surface area contributed by atoms with E-state index in [0.717, 1.165) is 0 Å². The van der Waals surface area contributed by atoms with E-state index in [0.29, 0.717) is 6.42 Å². The third-order valence-electron chi connectivity index (χ3n) is 1.57. The predicted octanol–water partition coefficient (Wildman–Crippen LogP) is -0.828. The van der Waals surface area contributed by atoms with Gasteiger partial charge in [-0.05, 0) is 6.42 Å². The molecular formula is C7H14N2O3. The van der Waals surface area contributed by atoms with Gasteiger partial charge in [0.25, 0.3) is 0 Å². The zero-order valence-electron chi connectivity index (χ0n) is 7.04. The Balaban J connectivity index is 3.73. The minimum Gasteiger partial charge on any atom is -0.481 e. The summed E-state index contributed by atoms with van der Waals surface area (Å²) in [6.07, 6.45) is 0.500. The van der Waals surface area contributed by atoms with Crippen molar-refractivity contribution in [1.29, 1.82) is 0 Å². The van der Waals surface area contributed by atoms with Gasteiger partial charge < -0.3 is 16.2 Å². The molecule has 0 saturated heterocycles. The maximum absolute atomic E-state index is 10.6. The van der Waals surface area contributed by atoms with E-state index in [1.807, 2.05) is 0 Å². The Morgan fingerprint density at radius 1 is 1.58 bits per heavy atom. The summed E-state index contributed by atoms with van der Waals surface area (Å²) in [6, 6.07) is 0. The van der Waals surface area contributed by atoms with Gasteiger partial charge in [-0.2, -0.15) is 0 Å². The third kappa shape index (κ3) is 3.92. The van der Waals surface area contributed by atoms with E-state index < -0.39 is 11.9 Å². The highest BCUT2D eigenvalue weighted by atomic mass is 16.4. The molecule has 0 aliphatic carbocycles. The fraction of sp³-hybridized carbons (Fsp3) is 0.714. The molecule has 0 bridgehead atoms. The Labute approximate surface area is 70.9 Å². The van der Waals surface area contributed by atoms with Crippen LogP contribution in [0.25, 0.3) is 0 Å². The van der Waals surface area contributed by atoms with E-state index >= 15 is 0 Å². The molecular weight excluding hydrogens is 160 g/mol. The van der Waals surface area contributed by atoms with Crippen molar-refractivity contribution in [2.45, 2.75) is 13.3 Å². The second-order valence-electron chi connectivity index (χ2n) is 2.45. The number of carboxylic acids is 1. The minimum atomic E-state index is -0.894. The molecule has 0 aromatic rings. The molecule has 1 unspecified atom stereocenters. The zero-order chi connectivity index (χ0) is 9.56. The smallest absolute Gasteiger partial charge is 0.308 e. The van der Waals surface area contributed by atoms with Crippen molar-refractivity contribution in [3.8, 4) is 0 Å². The molecule has 0 radical (unpaired) electrons. The van der Waals surface area contributed by atoms with E-state index in [2.05, 4.69) is 5.32 Å². The summed E-state index contributed by atoms with van der Waals surface area (Å²) in [6.45, 7) is 1.81. The second kappa shape index (κ2) is 5.54. The van der Waals surface area contributed by atoms with Crippen LogP contribution in [0.3, 0.4) is 0 Å². The summed E-state index contributed by atoms with van der Waals surface area (Å²) in [5.74, 6) is -1.73. The van der Waals surface area contributed by atoms with Gasteiger partial charge in [-0.3, -0.25) is 9.59 Å². The lowest BCUT2D eigenvalue weighted by Gasteiger charge is -2.09. The Morgan fingerprint density at radius 2 is 2.17 bits per heavy atom. The largest absolute Gasteiger partial charge is 0.481 e. The number of carbonyl (C=O) groups is 2. The number of nitrogens with two attached hydrogens (primary N) is 1. The molecule has 0 aliphatic heterocycles. The quantitative estimate of drug-likeness (QED) is 0.507. The highest BCUT2D eigenvalue weighted by Crippen LogP contribution is 1.99. The molecule has 0 aromatic heterocycles. The van der Waals surface area contributed by atoms with Gasteiger partial charge in [0, 0.05) is 6.54 Å². The fourth-order valence-electron chi connectivity index (χ4n) is 0.715. The highest BCUT2D eigenvalue weighted by molar-refractivity contribution is 5.78. The Kier molecular flexibility index (Phi) is 5.03. The molecule has 4 N–H and O–H groups in total. The Hall–Kier alpha value is -1.10. The van der Waals surface area contributed by atoms with Crippen LogP contribution in [0, 0.1) is 5.92 Å². The molecule has 0 heterocycles. The normalized spacial score (nSPS) is 12.2. The molecule has 0 spiro atoms. The van der Waals surface area contributed by atoms with Crippen LogP contribution < -0.4 is 11.1 Å². The minimum absolute atomic E-state index is 0.101. The molecule has 0 rings (SSSR count). The number of rotatable bonds is 5. The summed E-state index contributed by atoms with van der Waals surface area (Å²) in [5.41, 5.74) is 5.02. The Bertz CT molecular complexity index is 170. The molecule has 0 aliphatic rings. The average Bonchev–Trinajstić information content (AvgIpc) is 2.04. The molecule has 12 heavy (non-hydrogen) atoms. The van der Waals surface area contributed by atoms with Gasteiger partial charge in [0.2, 0.25) is 5.91 Å². The van der Waals surface area contributed by atoms with Crippen molar-refractivity contribution in [2.75, 3.05) is 13.1 Å². The maximum Gasteiger partial charge on any atom is 0.308 e. The van der Waals surface area contributed by atoms with Gasteiger partial charge in [0.05, 0.1) is 12.5 Å². The lowest BCUT2D eigenvalue weighted by atomic mass is 10.1. The van der Waals surface area contributed by atoms with Crippen LogP contribution in [-0.2, 0) is 9.59 Å². The van der Waals surface area contributed by atoms with Crippen molar-refractivity contribution in [1.82, 2.24) is 5.32 Å². The fourth-order valence-corrected chi connectivity index (χ4v) is 0.715. The van der Waals surface area contributed by atoms with Crippen molar-refractivity contribution in [3.05, 3.63) is 0 Å². The van der Waals surface area contributed by atoms with Crippen LogP contribution in [-0.4, -0.2) is 30.1 Å². The molecule has 1 atom stereocenters. The van der Waals surface area contributed by atoms with Gasteiger partial charge in [-0.15, -0.1) is 0 Å². The first kappa shape index (κ1) is 10.9.